The van der Waals surface area contributed by atoms with Crippen molar-refractivity contribution in [2.24, 2.45) is 5.92 Å². The van der Waals surface area contributed by atoms with E-state index in [1.165, 1.54) is 10.9 Å². The molecule has 1 aromatic carbocycles. The fourth-order valence-electron chi connectivity index (χ4n) is 3.00. The van der Waals surface area contributed by atoms with Crippen LogP contribution in [0.15, 0.2) is 28.7 Å². The van der Waals surface area contributed by atoms with Gasteiger partial charge in [0.15, 0.2) is 0 Å². The minimum absolute atomic E-state index is 0.268. The van der Waals surface area contributed by atoms with Gasteiger partial charge in [0, 0.05) is 17.9 Å². The predicted molar refractivity (Wildman–Crippen MR) is 80.9 cm³/mol. The quantitative estimate of drug-likeness (QED) is 0.899. The highest BCUT2D eigenvalue weighted by atomic mass is 16.5. The van der Waals surface area contributed by atoms with E-state index in [2.05, 4.69) is 43.4 Å². The van der Waals surface area contributed by atoms with Gasteiger partial charge in [0.05, 0.1) is 12.6 Å². The Morgan fingerprint density at radius 2 is 2.30 bits per heavy atom. The maximum Gasteiger partial charge on any atom is 0.137 e. The molecule has 2 unspecified atom stereocenters. The molecule has 1 aromatic heterocycles. The summed E-state index contributed by atoms with van der Waals surface area (Å²) in [6.45, 7) is 7.00. The molecule has 1 aliphatic heterocycles. The third-order valence-electron chi connectivity index (χ3n) is 4.12. The number of hydrogen-bond donors (Lipinski definition) is 1. The van der Waals surface area contributed by atoms with Gasteiger partial charge in [0.25, 0.3) is 0 Å². The molecule has 1 N–H and O–H groups in total. The smallest absolute Gasteiger partial charge is 0.137 e. The Labute approximate surface area is 120 Å². The summed E-state index contributed by atoms with van der Waals surface area (Å²) >= 11 is 0. The summed E-state index contributed by atoms with van der Waals surface area (Å²) in [7, 11) is 0. The molecule has 3 heteroatoms. The summed E-state index contributed by atoms with van der Waals surface area (Å²) in [6.07, 6.45) is 2.24. The Balaban J connectivity index is 1.93. The first-order chi connectivity index (χ1) is 9.79. The number of para-hydroxylation sites is 1. The van der Waals surface area contributed by atoms with Gasteiger partial charge < -0.3 is 14.5 Å². The highest BCUT2D eigenvalue weighted by Gasteiger charge is 2.29. The van der Waals surface area contributed by atoms with Crippen molar-refractivity contribution in [3.8, 4) is 0 Å². The van der Waals surface area contributed by atoms with Gasteiger partial charge in [-0.15, -0.1) is 0 Å². The number of ether oxygens (including phenoxy) is 1. The maximum absolute atomic E-state index is 6.15. The van der Waals surface area contributed by atoms with Crippen molar-refractivity contribution in [1.29, 1.82) is 0 Å². The summed E-state index contributed by atoms with van der Waals surface area (Å²) in [5.41, 5.74) is 2.22. The van der Waals surface area contributed by atoms with Gasteiger partial charge in [-0.25, -0.2) is 0 Å². The molecular weight excluding hydrogens is 250 g/mol. The predicted octanol–water partition coefficient (Wildman–Crippen LogP) is 3.82. The molecule has 0 amide bonds. The number of aryl methyl sites for hydroxylation is 1. The lowest BCUT2D eigenvalue weighted by molar-refractivity contribution is 0.173. The van der Waals surface area contributed by atoms with Crippen molar-refractivity contribution >= 4 is 11.0 Å². The lowest BCUT2D eigenvalue weighted by Crippen LogP contribution is -2.29. The third kappa shape index (κ3) is 2.60. The number of benzene rings is 1. The first-order valence-corrected chi connectivity index (χ1v) is 7.59. The van der Waals surface area contributed by atoms with Gasteiger partial charge in [-0.1, -0.05) is 25.1 Å². The first kappa shape index (κ1) is 13.7. The molecule has 2 atom stereocenters. The highest BCUT2D eigenvalue weighted by molar-refractivity contribution is 5.81. The Bertz CT molecular complexity index is 569. The van der Waals surface area contributed by atoms with Gasteiger partial charge in [0.2, 0.25) is 0 Å². The van der Waals surface area contributed by atoms with Crippen LogP contribution in [0.4, 0.5) is 0 Å². The Hall–Kier alpha value is -1.32. The molecule has 3 nitrogen and oxygen atoms in total. The average molecular weight is 273 g/mol. The van der Waals surface area contributed by atoms with Crippen LogP contribution in [-0.2, 0) is 4.74 Å². The van der Waals surface area contributed by atoms with E-state index in [0.29, 0.717) is 5.92 Å². The normalized spacial score (nSPS) is 20.6. The van der Waals surface area contributed by atoms with Crippen molar-refractivity contribution in [3.63, 3.8) is 0 Å². The van der Waals surface area contributed by atoms with E-state index in [9.17, 15) is 0 Å². The van der Waals surface area contributed by atoms with Gasteiger partial charge in [-0.05, 0) is 37.9 Å². The van der Waals surface area contributed by atoms with Crippen LogP contribution in [0.25, 0.3) is 11.0 Å². The van der Waals surface area contributed by atoms with E-state index in [1.54, 1.807) is 0 Å². The van der Waals surface area contributed by atoms with Crippen molar-refractivity contribution in [1.82, 2.24) is 5.32 Å². The standard InChI is InChI=1S/C17H23NO2/c1-3-8-18-16(14-7-9-19-11-14)15-10-13-6-4-5-12(2)17(13)20-15/h4-6,10,14,16,18H,3,7-9,11H2,1-2H3. The Morgan fingerprint density at radius 1 is 1.40 bits per heavy atom. The minimum atomic E-state index is 0.268. The zero-order valence-corrected chi connectivity index (χ0v) is 12.3. The molecule has 3 rings (SSSR count). The van der Waals surface area contributed by atoms with Gasteiger partial charge in [0.1, 0.15) is 11.3 Å². The molecule has 1 fully saturated rings. The molecule has 108 valence electrons. The number of rotatable bonds is 5. The molecule has 0 aliphatic carbocycles. The van der Waals surface area contributed by atoms with Crippen molar-refractivity contribution < 1.29 is 9.15 Å². The van der Waals surface area contributed by atoms with Crippen LogP contribution in [0.2, 0.25) is 0 Å². The molecule has 1 aliphatic rings. The largest absolute Gasteiger partial charge is 0.459 e. The van der Waals surface area contributed by atoms with Crippen LogP contribution in [-0.4, -0.2) is 19.8 Å². The lowest BCUT2D eigenvalue weighted by atomic mass is 9.96. The second kappa shape index (κ2) is 5.98. The zero-order valence-electron chi connectivity index (χ0n) is 12.3. The first-order valence-electron chi connectivity index (χ1n) is 7.59. The molecule has 0 bridgehead atoms. The van der Waals surface area contributed by atoms with Crippen LogP contribution < -0.4 is 5.32 Å². The van der Waals surface area contributed by atoms with E-state index in [0.717, 1.165) is 43.9 Å². The van der Waals surface area contributed by atoms with Crippen LogP contribution >= 0.6 is 0 Å². The molecular formula is C17H23NO2. The summed E-state index contributed by atoms with van der Waals surface area (Å²) in [6, 6.07) is 8.77. The maximum atomic E-state index is 6.15. The van der Waals surface area contributed by atoms with E-state index in [-0.39, 0.29) is 6.04 Å². The second-order valence-corrected chi connectivity index (χ2v) is 5.70. The Kier molecular flexibility index (Phi) is 4.08. The van der Waals surface area contributed by atoms with Crippen molar-refractivity contribution in [2.75, 3.05) is 19.8 Å². The fourth-order valence-corrected chi connectivity index (χ4v) is 3.00. The van der Waals surface area contributed by atoms with E-state index < -0.39 is 0 Å². The summed E-state index contributed by atoms with van der Waals surface area (Å²) in [5, 5.41) is 4.83. The molecule has 0 spiro atoms. The molecule has 2 heterocycles. The van der Waals surface area contributed by atoms with Crippen LogP contribution in [0, 0.1) is 12.8 Å². The monoisotopic (exact) mass is 273 g/mol. The molecule has 0 radical (unpaired) electrons. The second-order valence-electron chi connectivity index (χ2n) is 5.70. The van der Waals surface area contributed by atoms with E-state index >= 15 is 0 Å². The van der Waals surface area contributed by atoms with Gasteiger partial charge >= 0.3 is 0 Å². The van der Waals surface area contributed by atoms with E-state index in [4.69, 9.17) is 9.15 Å². The molecule has 2 aromatic rings. The SMILES string of the molecule is CCCNC(c1cc2cccc(C)c2o1)C1CCOC1. The van der Waals surface area contributed by atoms with Crippen LogP contribution in [0.3, 0.4) is 0 Å². The number of furan rings is 1. The van der Waals surface area contributed by atoms with Crippen molar-refractivity contribution in [2.45, 2.75) is 32.7 Å². The van der Waals surface area contributed by atoms with Crippen LogP contribution in [0.5, 0.6) is 0 Å². The number of fused-ring (bicyclic) bond motifs is 1. The van der Waals surface area contributed by atoms with Gasteiger partial charge in [-0.3, -0.25) is 0 Å². The number of hydrogen-bond acceptors (Lipinski definition) is 3. The van der Waals surface area contributed by atoms with Gasteiger partial charge in [-0.2, -0.15) is 0 Å². The van der Waals surface area contributed by atoms with E-state index in [1.807, 2.05) is 0 Å². The molecule has 0 saturated carbocycles. The topological polar surface area (TPSA) is 34.4 Å². The van der Waals surface area contributed by atoms with Crippen LogP contribution in [0.1, 0.15) is 37.1 Å². The minimum Gasteiger partial charge on any atom is -0.459 e. The molecule has 1 saturated heterocycles. The third-order valence-corrected chi connectivity index (χ3v) is 4.12. The molecule has 20 heavy (non-hydrogen) atoms. The zero-order chi connectivity index (χ0) is 13.9. The summed E-state index contributed by atoms with van der Waals surface area (Å²) in [4.78, 5) is 0. The Morgan fingerprint density at radius 3 is 3.00 bits per heavy atom. The highest BCUT2D eigenvalue weighted by Crippen LogP contribution is 2.33. The van der Waals surface area contributed by atoms with Crippen molar-refractivity contribution in [3.05, 3.63) is 35.6 Å². The average Bonchev–Trinajstić information content (AvgIpc) is 3.09. The fraction of sp³-hybridized carbons (Fsp3) is 0.529. The summed E-state index contributed by atoms with van der Waals surface area (Å²) in [5.74, 6) is 1.57. The summed E-state index contributed by atoms with van der Waals surface area (Å²) < 4.78 is 11.7. The lowest BCUT2D eigenvalue weighted by Gasteiger charge is -2.21. The number of nitrogens with one attached hydrogen (secondary N) is 1.